The summed E-state index contributed by atoms with van der Waals surface area (Å²) in [5.41, 5.74) is 10.7. The van der Waals surface area contributed by atoms with Crippen LogP contribution in [0.15, 0.2) is 28.9 Å². The van der Waals surface area contributed by atoms with Crippen LogP contribution in [0.4, 0.5) is 4.79 Å². The summed E-state index contributed by atoms with van der Waals surface area (Å²) in [6.07, 6.45) is 4.93. The van der Waals surface area contributed by atoms with Gasteiger partial charge >= 0.3 is 6.09 Å². The van der Waals surface area contributed by atoms with Gasteiger partial charge in [-0.15, -0.1) is 0 Å². The molecule has 3 heterocycles. The second-order valence-electron chi connectivity index (χ2n) is 16.9. The van der Waals surface area contributed by atoms with Crippen molar-refractivity contribution in [1.29, 1.82) is 5.41 Å². The number of ether oxygens (including phenoxy) is 4. The van der Waals surface area contributed by atoms with Crippen molar-refractivity contribution in [2.75, 3.05) is 47.4 Å². The summed E-state index contributed by atoms with van der Waals surface area (Å²) in [6, 6.07) is 3.65. The molecule has 0 radical (unpaired) electrons. The zero-order valence-corrected chi connectivity index (χ0v) is 35.1. The average molecular weight is 808 g/mol. The molecule has 6 N–H and O–H groups in total. The van der Waals surface area contributed by atoms with E-state index in [1.807, 2.05) is 32.9 Å². The van der Waals surface area contributed by atoms with Gasteiger partial charge in [-0.3, -0.25) is 10.2 Å². The molecule has 5 atom stereocenters. The summed E-state index contributed by atoms with van der Waals surface area (Å²) in [6.45, 7) is 10.8. The van der Waals surface area contributed by atoms with Gasteiger partial charge in [0.1, 0.15) is 17.1 Å². The summed E-state index contributed by atoms with van der Waals surface area (Å²) in [5, 5.41) is 13.8. The summed E-state index contributed by atoms with van der Waals surface area (Å²) >= 11 is 0. The van der Waals surface area contributed by atoms with E-state index in [-0.39, 0.29) is 41.8 Å². The summed E-state index contributed by atoms with van der Waals surface area (Å²) in [7, 11) is 1.39. The number of methoxy groups -OCH3 is 1. The van der Waals surface area contributed by atoms with Gasteiger partial charge in [0, 0.05) is 55.7 Å². The van der Waals surface area contributed by atoms with Gasteiger partial charge in [0.2, 0.25) is 11.9 Å². The summed E-state index contributed by atoms with van der Waals surface area (Å²) in [4.78, 5) is 30.2. The van der Waals surface area contributed by atoms with Crippen molar-refractivity contribution in [2.24, 2.45) is 11.7 Å². The molecule has 2 unspecified atom stereocenters. The number of benzene rings is 2. The third kappa shape index (κ3) is 7.07. The van der Waals surface area contributed by atoms with Crippen LogP contribution in [0, 0.1) is 32.1 Å². The van der Waals surface area contributed by atoms with Crippen LogP contribution in [0.1, 0.15) is 72.9 Å². The number of likely N-dealkylation sites (tertiary alicyclic amines) is 1. The second kappa shape index (κ2) is 15.0. The highest BCUT2D eigenvalue weighted by Crippen LogP contribution is 2.63. The third-order valence-electron chi connectivity index (χ3n) is 12.8. The van der Waals surface area contributed by atoms with Crippen LogP contribution in [0.5, 0.6) is 17.2 Å². The Morgan fingerprint density at radius 3 is 2.61 bits per heavy atom. The Morgan fingerprint density at radius 1 is 1.12 bits per heavy atom. The molecular formula is C41H57N7O8S. The van der Waals surface area contributed by atoms with Crippen LogP contribution in [-0.4, -0.2) is 107 Å². The lowest BCUT2D eigenvalue weighted by atomic mass is 9.53. The minimum absolute atomic E-state index is 0.154. The first-order chi connectivity index (χ1) is 26.9. The van der Waals surface area contributed by atoms with Gasteiger partial charge in [-0.05, 0) is 121 Å². The molecule has 5 aliphatic rings. The second-order valence-corrected chi connectivity index (χ2v) is 18.5. The van der Waals surface area contributed by atoms with E-state index < -0.39 is 33.9 Å². The van der Waals surface area contributed by atoms with Gasteiger partial charge < -0.3 is 45.1 Å². The Balaban J connectivity index is 0.859. The Hall–Kier alpha value is -4.54. The van der Waals surface area contributed by atoms with E-state index in [1.165, 1.54) is 16.0 Å². The molecule has 7 rings (SSSR count). The number of piperidine rings is 1. The normalized spacial score (nSPS) is 24.2. The molecule has 57 heavy (non-hydrogen) atoms. The van der Waals surface area contributed by atoms with E-state index in [2.05, 4.69) is 33.4 Å². The number of allylic oxidation sites excluding steroid dienone is 1. The van der Waals surface area contributed by atoms with E-state index in [1.54, 1.807) is 28.0 Å². The number of nitrogens with two attached hydrogens (primary N) is 1. The van der Waals surface area contributed by atoms with Crippen molar-refractivity contribution in [3.05, 3.63) is 57.3 Å². The number of sulfonamides is 1. The zero-order valence-electron chi connectivity index (χ0n) is 34.3. The lowest BCUT2D eigenvalue weighted by Crippen LogP contribution is -2.63. The van der Waals surface area contributed by atoms with Crippen LogP contribution >= 0.6 is 0 Å². The quantitative estimate of drug-likeness (QED) is 0.120. The first-order valence-electron chi connectivity index (χ1n) is 19.8. The number of guanidine groups is 1. The molecule has 2 aromatic carbocycles. The van der Waals surface area contributed by atoms with E-state index in [0.717, 1.165) is 48.4 Å². The van der Waals surface area contributed by atoms with Gasteiger partial charge in [0.25, 0.3) is 10.0 Å². The third-order valence-corrected chi connectivity index (χ3v) is 14.4. The first kappa shape index (κ1) is 40.6. The Kier molecular flexibility index (Phi) is 10.7. The largest absolute Gasteiger partial charge is 0.493 e. The van der Waals surface area contributed by atoms with Gasteiger partial charge in [0.15, 0.2) is 17.6 Å². The topological polar surface area (TPSA) is 198 Å². The monoisotopic (exact) mass is 807 g/mol. The van der Waals surface area contributed by atoms with Crippen molar-refractivity contribution in [3.63, 3.8) is 0 Å². The molecule has 0 aromatic heterocycles. The molecule has 2 aromatic rings. The van der Waals surface area contributed by atoms with Crippen molar-refractivity contribution in [2.45, 2.75) is 107 Å². The number of nitrogens with one attached hydrogen (secondary N) is 4. The fourth-order valence-corrected chi connectivity index (χ4v) is 11.4. The molecule has 1 fully saturated rings. The molecular weight excluding hydrogens is 751 g/mol. The highest BCUT2D eigenvalue weighted by atomic mass is 32.2. The number of amides is 2. The highest BCUT2D eigenvalue weighted by Gasteiger charge is 2.65. The minimum atomic E-state index is -4.06. The Bertz CT molecular complexity index is 2140. The number of hydrogen-bond donors (Lipinski definition) is 5. The van der Waals surface area contributed by atoms with Crippen LogP contribution in [-0.2, 0) is 37.8 Å². The molecule has 2 bridgehead atoms. The lowest BCUT2D eigenvalue weighted by Gasteiger charge is -2.56. The molecule has 1 saturated heterocycles. The molecule has 310 valence electrons. The first-order valence-corrected chi connectivity index (χ1v) is 21.3. The fraction of sp³-hybridized carbons (Fsp3) is 0.585. The predicted octanol–water partition coefficient (Wildman–Crippen LogP) is 3.29. The van der Waals surface area contributed by atoms with Crippen molar-refractivity contribution in [3.8, 4) is 17.2 Å². The zero-order chi connectivity index (χ0) is 41.2. The summed E-state index contributed by atoms with van der Waals surface area (Å²) < 4.78 is 53.8. The molecule has 0 saturated carbocycles. The SMILES string of the molecule is COc1ccc2c3c1OC1C(OC(=O)N(C)CCNC(=O)[C@@H](N)CCCNC(=N)NS(=O)(=O)c4c(C)c(C)c5c(c4C)CC(C)(C)O5)=CCC4[C@@H](C2)N(C)CC[C@]314. The smallest absolute Gasteiger partial charge is 0.414 e. The maximum absolute atomic E-state index is 13.4. The van der Waals surface area contributed by atoms with E-state index in [4.69, 9.17) is 30.1 Å². The maximum atomic E-state index is 13.4. The Labute approximate surface area is 335 Å². The molecule has 1 spiro atoms. The van der Waals surface area contributed by atoms with Crippen molar-refractivity contribution >= 4 is 28.0 Å². The molecule has 15 nitrogen and oxygen atoms in total. The average Bonchev–Trinajstić information content (AvgIpc) is 3.68. The van der Waals surface area contributed by atoms with Crippen molar-refractivity contribution in [1.82, 2.24) is 25.2 Å². The van der Waals surface area contributed by atoms with Gasteiger partial charge in [-0.2, -0.15) is 0 Å². The molecule has 2 amide bonds. The van der Waals surface area contributed by atoms with Gasteiger partial charge in [-0.25, -0.2) is 17.9 Å². The van der Waals surface area contributed by atoms with E-state index in [0.29, 0.717) is 53.9 Å². The number of nitrogens with zero attached hydrogens (tertiary/aromatic N) is 2. The number of carbonyl (C=O) groups excluding carboxylic acids is 2. The van der Waals surface area contributed by atoms with Crippen LogP contribution in [0.25, 0.3) is 0 Å². The fourth-order valence-electron chi connectivity index (χ4n) is 9.85. The number of fused-ring (bicyclic) bond motifs is 1. The van der Waals surface area contributed by atoms with Crippen LogP contribution < -0.4 is 35.3 Å². The van der Waals surface area contributed by atoms with Crippen LogP contribution in [0.2, 0.25) is 0 Å². The minimum Gasteiger partial charge on any atom is -0.493 e. The van der Waals surface area contributed by atoms with E-state index in [9.17, 15) is 18.0 Å². The molecule has 3 aliphatic heterocycles. The standard InChI is InChI=1S/C41H57N7O8S/c1-22-23(2)35(24(3)26-21-40(4,5)56-33(22)26)57(51,52)46-38(43)45-16-9-10-28(42)37(49)44-17-19-48(7)39(50)54-31-14-12-27-29-20-25-11-13-30(53-8)34-32(25)41(27,36(31)55-34)15-18-47(29)6/h11,13-14,27-29,36H,9-10,12,15-21,42H2,1-8H3,(H,44,49)(H3,43,45,46)/t27?,28-,29+,36?,41-/m0/s1. The summed E-state index contributed by atoms with van der Waals surface area (Å²) in [5.74, 6) is 2.28. The lowest BCUT2D eigenvalue weighted by molar-refractivity contribution is -0.122. The Morgan fingerprint density at radius 2 is 1.88 bits per heavy atom. The number of carbonyl (C=O) groups is 2. The van der Waals surface area contributed by atoms with Gasteiger partial charge in [-0.1, -0.05) is 6.07 Å². The highest BCUT2D eigenvalue weighted by molar-refractivity contribution is 7.90. The van der Waals surface area contributed by atoms with Gasteiger partial charge in [0.05, 0.1) is 18.0 Å². The van der Waals surface area contributed by atoms with Crippen molar-refractivity contribution < 1.29 is 37.0 Å². The number of likely N-dealkylation sites (N-methyl/N-ethyl adjacent to an activating group) is 2. The van der Waals surface area contributed by atoms with Crippen LogP contribution in [0.3, 0.4) is 0 Å². The van der Waals surface area contributed by atoms with E-state index >= 15 is 0 Å². The number of rotatable bonds is 12. The molecule has 2 aliphatic carbocycles. The molecule has 16 heteroatoms. The maximum Gasteiger partial charge on any atom is 0.414 e. The predicted molar refractivity (Wildman–Crippen MR) is 214 cm³/mol. The number of hydrogen-bond acceptors (Lipinski definition) is 11.